The van der Waals surface area contributed by atoms with E-state index in [9.17, 15) is 4.21 Å². The number of hydrogen-bond donors (Lipinski definition) is 1. The molecular weight excluding hydrogens is 206 g/mol. The Morgan fingerprint density at radius 3 is 2.47 bits per heavy atom. The molecular formula is C12H23NOS. The van der Waals surface area contributed by atoms with Gasteiger partial charge in [0.2, 0.25) is 0 Å². The van der Waals surface area contributed by atoms with E-state index >= 15 is 0 Å². The predicted octanol–water partition coefficient (Wildman–Crippen LogP) is 1.78. The van der Waals surface area contributed by atoms with E-state index in [1.807, 2.05) is 0 Å². The van der Waals surface area contributed by atoms with Gasteiger partial charge in [0.05, 0.1) is 0 Å². The highest BCUT2D eigenvalue weighted by atomic mass is 32.2. The highest BCUT2D eigenvalue weighted by Gasteiger charge is 2.30. The maximum Gasteiger partial charge on any atom is 0.0350 e. The molecule has 2 nitrogen and oxygen atoms in total. The highest BCUT2D eigenvalue weighted by molar-refractivity contribution is 7.85. The van der Waals surface area contributed by atoms with Gasteiger partial charge in [-0.1, -0.05) is 13.8 Å². The summed E-state index contributed by atoms with van der Waals surface area (Å²) < 4.78 is 12.1. The molecule has 2 fully saturated rings. The van der Waals surface area contributed by atoms with Gasteiger partial charge in [-0.2, -0.15) is 0 Å². The van der Waals surface area contributed by atoms with Gasteiger partial charge in [0.25, 0.3) is 0 Å². The summed E-state index contributed by atoms with van der Waals surface area (Å²) in [5, 5.41) is 3.75. The summed E-state index contributed by atoms with van der Waals surface area (Å²) in [6.45, 7) is 6.83. The van der Waals surface area contributed by atoms with Gasteiger partial charge < -0.3 is 5.32 Å². The van der Waals surface area contributed by atoms with E-state index in [0.717, 1.165) is 30.7 Å². The number of hydrogen-bond acceptors (Lipinski definition) is 2. The van der Waals surface area contributed by atoms with Crippen LogP contribution in [0.2, 0.25) is 0 Å². The molecule has 0 aromatic carbocycles. The van der Waals surface area contributed by atoms with Crippen molar-refractivity contribution in [1.29, 1.82) is 0 Å². The summed E-state index contributed by atoms with van der Waals surface area (Å²) >= 11 is 0. The number of rotatable bonds is 3. The molecule has 2 rings (SSSR count). The molecule has 0 amide bonds. The standard InChI is InChI=1S/C12H23NOS/c1-9-3-4-12(5-10(9)2)15(14)8-11-6-13-7-11/h9-13H,3-8H2,1-2H3. The highest BCUT2D eigenvalue weighted by Crippen LogP contribution is 2.32. The van der Waals surface area contributed by atoms with Gasteiger partial charge in [0, 0.05) is 34.9 Å². The Kier molecular flexibility index (Phi) is 3.83. The third-order valence-electron chi connectivity index (χ3n) is 4.19. The lowest BCUT2D eigenvalue weighted by atomic mass is 9.81. The Balaban J connectivity index is 1.79. The van der Waals surface area contributed by atoms with E-state index in [0.29, 0.717) is 11.2 Å². The molecule has 4 atom stereocenters. The van der Waals surface area contributed by atoms with Crippen molar-refractivity contribution in [3.8, 4) is 0 Å². The Labute approximate surface area is 95.7 Å². The monoisotopic (exact) mass is 229 g/mol. The predicted molar refractivity (Wildman–Crippen MR) is 65.3 cm³/mol. The van der Waals surface area contributed by atoms with E-state index in [2.05, 4.69) is 19.2 Å². The van der Waals surface area contributed by atoms with Crippen LogP contribution in [0, 0.1) is 17.8 Å². The summed E-state index contributed by atoms with van der Waals surface area (Å²) in [7, 11) is -0.561. The average Bonchev–Trinajstić information content (AvgIpc) is 2.15. The second-order valence-corrected chi connectivity index (χ2v) is 7.22. The Hall–Kier alpha value is 0.110. The van der Waals surface area contributed by atoms with E-state index in [-0.39, 0.29) is 0 Å². The van der Waals surface area contributed by atoms with Crippen LogP contribution < -0.4 is 5.32 Å². The van der Waals surface area contributed by atoms with Crippen LogP contribution >= 0.6 is 0 Å². The van der Waals surface area contributed by atoms with Gasteiger partial charge in [-0.05, 0) is 37.0 Å². The van der Waals surface area contributed by atoms with Gasteiger partial charge in [-0.3, -0.25) is 4.21 Å². The van der Waals surface area contributed by atoms with E-state index in [1.54, 1.807) is 0 Å². The third kappa shape index (κ3) is 2.82. The van der Waals surface area contributed by atoms with Crippen molar-refractivity contribution in [2.24, 2.45) is 17.8 Å². The van der Waals surface area contributed by atoms with E-state index in [4.69, 9.17) is 0 Å². The molecule has 3 heteroatoms. The first-order valence-corrected chi connectivity index (χ1v) is 7.63. The van der Waals surface area contributed by atoms with Crippen molar-refractivity contribution in [3.05, 3.63) is 0 Å². The van der Waals surface area contributed by atoms with Gasteiger partial charge in [-0.25, -0.2) is 0 Å². The molecule has 88 valence electrons. The summed E-state index contributed by atoms with van der Waals surface area (Å²) in [6, 6.07) is 0. The maximum atomic E-state index is 12.1. The van der Waals surface area contributed by atoms with Crippen LogP contribution in [0.3, 0.4) is 0 Å². The maximum absolute atomic E-state index is 12.1. The molecule has 0 spiro atoms. The van der Waals surface area contributed by atoms with Crippen molar-refractivity contribution < 1.29 is 4.21 Å². The number of nitrogens with one attached hydrogen (secondary N) is 1. The van der Waals surface area contributed by atoms with Crippen LogP contribution in [-0.2, 0) is 10.8 Å². The van der Waals surface area contributed by atoms with Crippen LogP contribution in [0.25, 0.3) is 0 Å². The van der Waals surface area contributed by atoms with Crippen molar-refractivity contribution in [1.82, 2.24) is 5.32 Å². The quantitative estimate of drug-likeness (QED) is 0.799. The zero-order valence-corrected chi connectivity index (χ0v) is 10.7. The van der Waals surface area contributed by atoms with Crippen molar-refractivity contribution in [3.63, 3.8) is 0 Å². The molecule has 0 aromatic heterocycles. The van der Waals surface area contributed by atoms with Crippen LogP contribution in [-0.4, -0.2) is 28.3 Å². The largest absolute Gasteiger partial charge is 0.316 e. The molecule has 1 aliphatic heterocycles. The second-order valence-electron chi connectivity index (χ2n) is 5.46. The molecule has 1 aliphatic carbocycles. The van der Waals surface area contributed by atoms with Crippen LogP contribution in [0.1, 0.15) is 33.1 Å². The molecule has 15 heavy (non-hydrogen) atoms. The minimum absolute atomic E-state index is 0.497. The molecule has 1 saturated carbocycles. The minimum atomic E-state index is -0.561. The van der Waals surface area contributed by atoms with E-state index in [1.165, 1.54) is 19.3 Å². The first kappa shape index (κ1) is 11.6. The SMILES string of the molecule is CC1CCC(S(=O)CC2CNC2)CC1C. The summed E-state index contributed by atoms with van der Waals surface area (Å²) in [4.78, 5) is 0. The normalized spacial score (nSPS) is 39.7. The molecule has 2 aliphatic rings. The summed E-state index contributed by atoms with van der Waals surface area (Å²) in [5.74, 6) is 3.25. The Morgan fingerprint density at radius 1 is 1.20 bits per heavy atom. The topological polar surface area (TPSA) is 29.1 Å². The van der Waals surface area contributed by atoms with Gasteiger partial charge in [0.1, 0.15) is 0 Å². The Morgan fingerprint density at radius 2 is 1.93 bits per heavy atom. The molecule has 1 heterocycles. The first-order chi connectivity index (χ1) is 7.16. The molecule has 0 aromatic rings. The Bertz CT molecular complexity index is 240. The zero-order chi connectivity index (χ0) is 10.8. The fourth-order valence-electron chi connectivity index (χ4n) is 2.57. The second kappa shape index (κ2) is 4.96. The fraction of sp³-hybridized carbons (Fsp3) is 1.00. The van der Waals surface area contributed by atoms with Crippen LogP contribution in [0.15, 0.2) is 0 Å². The van der Waals surface area contributed by atoms with Crippen LogP contribution in [0.5, 0.6) is 0 Å². The van der Waals surface area contributed by atoms with E-state index < -0.39 is 10.8 Å². The third-order valence-corrected chi connectivity index (χ3v) is 6.16. The minimum Gasteiger partial charge on any atom is -0.316 e. The summed E-state index contributed by atoms with van der Waals surface area (Å²) in [5.41, 5.74) is 0. The lowest BCUT2D eigenvalue weighted by Gasteiger charge is -2.33. The van der Waals surface area contributed by atoms with Crippen molar-refractivity contribution >= 4 is 10.8 Å². The smallest absolute Gasteiger partial charge is 0.0350 e. The van der Waals surface area contributed by atoms with Gasteiger partial charge in [-0.15, -0.1) is 0 Å². The lowest BCUT2D eigenvalue weighted by Crippen LogP contribution is -2.46. The fourth-order valence-corrected chi connectivity index (χ4v) is 4.46. The average molecular weight is 229 g/mol. The molecule has 0 bridgehead atoms. The van der Waals surface area contributed by atoms with Crippen LogP contribution in [0.4, 0.5) is 0 Å². The van der Waals surface area contributed by atoms with Gasteiger partial charge >= 0.3 is 0 Å². The van der Waals surface area contributed by atoms with Crippen molar-refractivity contribution in [2.45, 2.75) is 38.4 Å². The zero-order valence-electron chi connectivity index (χ0n) is 9.87. The lowest BCUT2D eigenvalue weighted by molar-refractivity contribution is 0.280. The molecule has 0 radical (unpaired) electrons. The van der Waals surface area contributed by atoms with Gasteiger partial charge in [0.15, 0.2) is 0 Å². The molecule has 1 saturated heterocycles. The first-order valence-electron chi connectivity index (χ1n) is 6.24. The molecule has 4 unspecified atom stereocenters. The van der Waals surface area contributed by atoms with Crippen molar-refractivity contribution in [2.75, 3.05) is 18.8 Å². The molecule has 1 N–H and O–H groups in total. The summed E-state index contributed by atoms with van der Waals surface area (Å²) in [6.07, 6.45) is 3.66.